The van der Waals surface area contributed by atoms with Gasteiger partial charge in [0.2, 0.25) is 0 Å². The van der Waals surface area contributed by atoms with E-state index in [0.717, 1.165) is 58.1 Å². The van der Waals surface area contributed by atoms with Crippen LogP contribution in [0.15, 0.2) is 24.3 Å². The maximum Gasteiger partial charge on any atom is 0.119 e. The topological polar surface area (TPSA) is 48.6 Å². The van der Waals surface area contributed by atoms with Gasteiger partial charge in [0.1, 0.15) is 5.75 Å². The molecule has 2 fully saturated rings. The largest absolute Gasteiger partial charge is 0.497 e. The van der Waals surface area contributed by atoms with Crippen LogP contribution in [-0.2, 0) is 0 Å². The third-order valence-corrected chi connectivity index (χ3v) is 3.51. The number of anilines is 1. The first-order valence-corrected chi connectivity index (χ1v) is 7.41. The van der Waals surface area contributed by atoms with Crippen LogP contribution in [0.1, 0.15) is 0 Å². The summed E-state index contributed by atoms with van der Waals surface area (Å²) in [4.78, 5) is 2.38. The molecule has 0 saturated carbocycles. The molecule has 5 nitrogen and oxygen atoms in total. The first kappa shape index (κ1) is 15.1. The number of benzene rings is 1. The minimum Gasteiger partial charge on any atom is -0.497 e. The molecule has 0 unspecified atom stereocenters. The second-order valence-electron chi connectivity index (χ2n) is 4.94. The number of ether oxygens (including phenoxy) is 1. The zero-order valence-electron chi connectivity index (χ0n) is 12.3. The highest BCUT2D eigenvalue weighted by Gasteiger charge is 2.09. The fourth-order valence-corrected chi connectivity index (χ4v) is 2.32. The van der Waals surface area contributed by atoms with Crippen LogP contribution < -0.4 is 25.6 Å². The molecule has 0 spiro atoms. The highest BCUT2D eigenvalue weighted by molar-refractivity contribution is 5.49. The van der Waals surface area contributed by atoms with Crippen molar-refractivity contribution in [3.63, 3.8) is 0 Å². The molecule has 0 atom stereocenters. The van der Waals surface area contributed by atoms with Crippen molar-refractivity contribution in [1.29, 1.82) is 0 Å². The van der Waals surface area contributed by atoms with Gasteiger partial charge < -0.3 is 25.6 Å². The van der Waals surface area contributed by atoms with Crippen molar-refractivity contribution in [3.8, 4) is 5.75 Å². The normalized spacial score (nSPS) is 18.9. The minimum absolute atomic E-state index is 0.920. The Bertz CT molecular complexity index is 347. The standard InChI is InChI=1S/C11H16N2O.C4H10N2/c1-14-11-4-2-10(3-5-11)13-8-6-12-7-9-13;1-2-6-4-3-5-1/h2-5,12H,6-9H2,1H3;5-6H,1-4H2. The Balaban J connectivity index is 0.000000205. The summed E-state index contributed by atoms with van der Waals surface area (Å²) in [5, 5.41) is 9.79. The van der Waals surface area contributed by atoms with E-state index in [-0.39, 0.29) is 0 Å². The summed E-state index contributed by atoms with van der Waals surface area (Å²) in [6.07, 6.45) is 0. The summed E-state index contributed by atoms with van der Waals surface area (Å²) in [7, 11) is 1.69. The number of nitrogens with zero attached hydrogens (tertiary/aromatic N) is 1. The van der Waals surface area contributed by atoms with Gasteiger partial charge in [0.05, 0.1) is 7.11 Å². The second kappa shape index (κ2) is 8.79. The number of rotatable bonds is 2. The summed E-state index contributed by atoms with van der Waals surface area (Å²) in [6.45, 7) is 8.89. The summed E-state index contributed by atoms with van der Waals surface area (Å²) in [5.41, 5.74) is 1.28. The zero-order chi connectivity index (χ0) is 14.0. The van der Waals surface area contributed by atoms with Crippen LogP contribution in [0.4, 0.5) is 5.69 Å². The molecule has 3 rings (SSSR count). The smallest absolute Gasteiger partial charge is 0.119 e. The van der Waals surface area contributed by atoms with Gasteiger partial charge in [0.25, 0.3) is 0 Å². The molecule has 0 radical (unpaired) electrons. The van der Waals surface area contributed by atoms with E-state index in [1.165, 1.54) is 5.69 Å². The van der Waals surface area contributed by atoms with Gasteiger partial charge in [-0.2, -0.15) is 0 Å². The molecule has 0 amide bonds. The SMILES string of the molecule is C1CNCCN1.COc1ccc(N2CCNCC2)cc1. The van der Waals surface area contributed by atoms with Crippen LogP contribution in [0.3, 0.4) is 0 Å². The van der Waals surface area contributed by atoms with Crippen molar-refractivity contribution in [1.82, 2.24) is 16.0 Å². The molecule has 112 valence electrons. The zero-order valence-corrected chi connectivity index (χ0v) is 12.3. The van der Waals surface area contributed by atoms with Crippen LogP contribution in [-0.4, -0.2) is 59.5 Å². The molecule has 3 N–H and O–H groups in total. The quantitative estimate of drug-likeness (QED) is 0.726. The Morgan fingerprint density at radius 2 is 1.30 bits per heavy atom. The summed E-state index contributed by atoms with van der Waals surface area (Å²) in [5.74, 6) is 0.920. The van der Waals surface area contributed by atoms with E-state index in [9.17, 15) is 0 Å². The van der Waals surface area contributed by atoms with Crippen LogP contribution >= 0.6 is 0 Å². The lowest BCUT2D eigenvalue weighted by atomic mass is 10.2. The highest BCUT2D eigenvalue weighted by atomic mass is 16.5. The molecule has 1 aromatic carbocycles. The number of methoxy groups -OCH3 is 1. The Labute approximate surface area is 121 Å². The van der Waals surface area contributed by atoms with Gasteiger partial charge in [-0.25, -0.2) is 0 Å². The van der Waals surface area contributed by atoms with E-state index >= 15 is 0 Å². The second-order valence-corrected chi connectivity index (χ2v) is 4.94. The third kappa shape index (κ3) is 5.00. The van der Waals surface area contributed by atoms with Crippen LogP contribution in [0.25, 0.3) is 0 Å². The van der Waals surface area contributed by atoms with Gasteiger partial charge >= 0.3 is 0 Å². The third-order valence-electron chi connectivity index (χ3n) is 3.51. The number of piperazine rings is 2. The lowest BCUT2D eigenvalue weighted by molar-refractivity contribution is 0.415. The lowest BCUT2D eigenvalue weighted by Crippen LogP contribution is -2.43. The van der Waals surface area contributed by atoms with Crippen molar-refractivity contribution in [2.24, 2.45) is 0 Å². The average Bonchev–Trinajstić information content (AvgIpc) is 2.58. The number of nitrogens with one attached hydrogen (secondary N) is 3. The summed E-state index contributed by atoms with van der Waals surface area (Å²) in [6, 6.07) is 8.25. The van der Waals surface area contributed by atoms with Crippen molar-refractivity contribution >= 4 is 5.69 Å². The van der Waals surface area contributed by atoms with Crippen molar-refractivity contribution in [3.05, 3.63) is 24.3 Å². The summed E-state index contributed by atoms with van der Waals surface area (Å²) >= 11 is 0. The van der Waals surface area contributed by atoms with Gasteiger partial charge in [0.15, 0.2) is 0 Å². The number of hydrogen-bond acceptors (Lipinski definition) is 5. The van der Waals surface area contributed by atoms with Gasteiger partial charge in [0, 0.05) is 58.0 Å². The Morgan fingerprint density at radius 3 is 1.75 bits per heavy atom. The van der Waals surface area contributed by atoms with Crippen LogP contribution in [0, 0.1) is 0 Å². The molecular formula is C15H26N4O. The molecule has 5 heteroatoms. The molecule has 0 bridgehead atoms. The Hall–Kier alpha value is -1.30. The summed E-state index contributed by atoms with van der Waals surface area (Å²) < 4.78 is 5.13. The maximum atomic E-state index is 5.13. The highest BCUT2D eigenvalue weighted by Crippen LogP contribution is 2.19. The Kier molecular flexibility index (Phi) is 6.63. The predicted molar refractivity (Wildman–Crippen MR) is 83.8 cm³/mol. The van der Waals surface area contributed by atoms with E-state index in [0.29, 0.717) is 0 Å². The van der Waals surface area contributed by atoms with E-state index < -0.39 is 0 Å². The van der Waals surface area contributed by atoms with E-state index in [4.69, 9.17) is 4.74 Å². The molecule has 2 aliphatic heterocycles. The van der Waals surface area contributed by atoms with Gasteiger partial charge in [-0.1, -0.05) is 0 Å². The fourth-order valence-electron chi connectivity index (χ4n) is 2.32. The maximum absolute atomic E-state index is 5.13. The monoisotopic (exact) mass is 278 g/mol. The molecule has 2 heterocycles. The first-order chi connectivity index (χ1) is 9.90. The Morgan fingerprint density at radius 1 is 0.800 bits per heavy atom. The van der Waals surface area contributed by atoms with Crippen molar-refractivity contribution in [2.75, 3.05) is 64.4 Å². The van der Waals surface area contributed by atoms with Crippen LogP contribution in [0.5, 0.6) is 5.75 Å². The molecular weight excluding hydrogens is 252 g/mol. The van der Waals surface area contributed by atoms with Crippen LogP contribution in [0.2, 0.25) is 0 Å². The van der Waals surface area contributed by atoms with Crippen molar-refractivity contribution < 1.29 is 4.74 Å². The molecule has 1 aromatic rings. The molecule has 0 aromatic heterocycles. The molecule has 2 aliphatic rings. The van der Waals surface area contributed by atoms with Crippen molar-refractivity contribution in [2.45, 2.75) is 0 Å². The van der Waals surface area contributed by atoms with Gasteiger partial charge in [-0.05, 0) is 24.3 Å². The minimum atomic E-state index is 0.920. The lowest BCUT2D eigenvalue weighted by Gasteiger charge is -2.29. The first-order valence-electron chi connectivity index (χ1n) is 7.41. The molecule has 2 saturated heterocycles. The van der Waals surface area contributed by atoms with E-state index in [2.05, 4.69) is 33.0 Å². The average molecular weight is 278 g/mol. The fraction of sp³-hybridized carbons (Fsp3) is 0.600. The van der Waals surface area contributed by atoms with Gasteiger partial charge in [-0.3, -0.25) is 0 Å². The predicted octanol–water partition coefficient (Wildman–Crippen LogP) is 0.284. The van der Waals surface area contributed by atoms with E-state index in [1.54, 1.807) is 7.11 Å². The molecule has 20 heavy (non-hydrogen) atoms. The molecule has 0 aliphatic carbocycles. The van der Waals surface area contributed by atoms with Gasteiger partial charge in [-0.15, -0.1) is 0 Å². The van der Waals surface area contributed by atoms with E-state index in [1.807, 2.05) is 12.1 Å². The number of hydrogen-bond donors (Lipinski definition) is 3.